The summed E-state index contributed by atoms with van der Waals surface area (Å²) in [5, 5.41) is 0.103. The van der Waals surface area contributed by atoms with Crippen LogP contribution < -0.4 is 4.74 Å². The van der Waals surface area contributed by atoms with Gasteiger partial charge in [-0.2, -0.15) is 0 Å². The molecule has 0 bridgehead atoms. The van der Waals surface area contributed by atoms with Crippen molar-refractivity contribution in [1.29, 1.82) is 0 Å². The summed E-state index contributed by atoms with van der Waals surface area (Å²) in [4.78, 5) is 11.0. The fourth-order valence-electron chi connectivity index (χ4n) is 0.955. The molecule has 0 spiro atoms. The maximum Gasteiger partial charge on any atom is 0.166 e. The molecule has 0 amide bonds. The molecule has 1 aromatic carbocycles. The van der Waals surface area contributed by atoms with E-state index < -0.39 is 5.82 Å². The Balaban J connectivity index is 3.30. The molecule has 1 aromatic rings. The van der Waals surface area contributed by atoms with Gasteiger partial charge in [0.25, 0.3) is 0 Å². The zero-order valence-electron chi connectivity index (χ0n) is 7.23. The Morgan fingerprint density at radius 2 is 2.15 bits per heavy atom. The molecule has 0 aliphatic rings. The second-order valence-corrected chi connectivity index (χ2v) is 2.93. The molecule has 0 aromatic heterocycles. The van der Waals surface area contributed by atoms with Crippen LogP contribution in [-0.2, 0) is 0 Å². The van der Waals surface area contributed by atoms with E-state index in [1.807, 2.05) is 0 Å². The number of rotatable bonds is 2. The standard InChI is InChI=1S/C9H8ClFO2/c1-5(12)6-3-9(13-2)8(11)4-7(6)10/h3-4H,1-2H3. The van der Waals surface area contributed by atoms with E-state index in [0.717, 1.165) is 6.07 Å². The summed E-state index contributed by atoms with van der Waals surface area (Å²) in [5.74, 6) is -0.768. The van der Waals surface area contributed by atoms with Crippen molar-refractivity contribution in [3.05, 3.63) is 28.5 Å². The molecule has 0 fully saturated rings. The maximum atomic E-state index is 13.0. The number of hydrogen-bond donors (Lipinski definition) is 0. The highest BCUT2D eigenvalue weighted by molar-refractivity contribution is 6.33. The summed E-state index contributed by atoms with van der Waals surface area (Å²) in [5.41, 5.74) is 0.264. The highest BCUT2D eigenvalue weighted by atomic mass is 35.5. The second-order valence-electron chi connectivity index (χ2n) is 2.52. The van der Waals surface area contributed by atoms with Gasteiger partial charge >= 0.3 is 0 Å². The van der Waals surface area contributed by atoms with Crippen LogP contribution in [0.2, 0.25) is 5.02 Å². The van der Waals surface area contributed by atoms with Gasteiger partial charge in [-0.25, -0.2) is 4.39 Å². The highest BCUT2D eigenvalue weighted by Crippen LogP contribution is 2.25. The largest absolute Gasteiger partial charge is 0.494 e. The van der Waals surface area contributed by atoms with Gasteiger partial charge in [-0.3, -0.25) is 4.79 Å². The Morgan fingerprint density at radius 1 is 1.54 bits per heavy atom. The monoisotopic (exact) mass is 202 g/mol. The highest BCUT2D eigenvalue weighted by Gasteiger charge is 2.11. The number of carbonyl (C=O) groups is 1. The van der Waals surface area contributed by atoms with Gasteiger partial charge < -0.3 is 4.74 Å². The first-order valence-corrected chi connectivity index (χ1v) is 3.98. The van der Waals surface area contributed by atoms with Crippen molar-refractivity contribution in [3.8, 4) is 5.75 Å². The number of methoxy groups -OCH3 is 1. The summed E-state index contributed by atoms with van der Waals surface area (Å²) in [6.45, 7) is 1.36. The van der Waals surface area contributed by atoms with E-state index in [1.54, 1.807) is 0 Å². The van der Waals surface area contributed by atoms with E-state index in [0.29, 0.717) is 0 Å². The summed E-state index contributed by atoms with van der Waals surface area (Å²) in [6.07, 6.45) is 0. The molecule has 0 heterocycles. The Labute approximate surface area is 80.3 Å². The van der Waals surface area contributed by atoms with E-state index in [4.69, 9.17) is 16.3 Å². The van der Waals surface area contributed by atoms with E-state index in [1.165, 1.54) is 20.1 Å². The van der Waals surface area contributed by atoms with Gasteiger partial charge in [-0.05, 0) is 19.1 Å². The molecule has 4 heteroatoms. The van der Waals surface area contributed by atoms with Crippen molar-refractivity contribution in [2.24, 2.45) is 0 Å². The quantitative estimate of drug-likeness (QED) is 0.690. The molecule has 0 radical (unpaired) electrons. The van der Waals surface area contributed by atoms with Crippen LogP contribution in [0.3, 0.4) is 0 Å². The molecular weight excluding hydrogens is 195 g/mol. The lowest BCUT2D eigenvalue weighted by Gasteiger charge is -2.05. The Bertz CT molecular complexity index is 350. The molecule has 0 unspecified atom stereocenters. The minimum Gasteiger partial charge on any atom is -0.494 e. The predicted octanol–water partition coefficient (Wildman–Crippen LogP) is 2.69. The van der Waals surface area contributed by atoms with Crippen molar-refractivity contribution in [2.75, 3.05) is 7.11 Å². The first kappa shape index (κ1) is 9.99. The van der Waals surface area contributed by atoms with E-state index in [-0.39, 0.29) is 22.1 Å². The van der Waals surface area contributed by atoms with Crippen molar-refractivity contribution < 1.29 is 13.9 Å². The molecule has 13 heavy (non-hydrogen) atoms. The summed E-state index contributed by atoms with van der Waals surface area (Å²) < 4.78 is 17.7. The first-order chi connectivity index (χ1) is 6.06. The fourth-order valence-corrected chi connectivity index (χ4v) is 1.24. The van der Waals surface area contributed by atoms with Crippen LogP contribution in [0.15, 0.2) is 12.1 Å². The van der Waals surface area contributed by atoms with Crippen LogP contribution in [0.25, 0.3) is 0 Å². The Hall–Kier alpha value is -1.09. The van der Waals surface area contributed by atoms with Crippen molar-refractivity contribution >= 4 is 17.4 Å². The lowest BCUT2D eigenvalue weighted by Crippen LogP contribution is -1.97. The molecule has 0 aliphatic heterocycles. The lowest BCUT2D eigenvalue weighted by atomic mass is 10.1. The van der Waals surface area contributed by atoms with Gasteiger partial charge in [0.15, 0.2) is 17.3 Å². The minimum atomic E-state index is -0.572. The van der Waals surface area contributed by atoms with Crippen LogP contribution in [0.5, 0.6) is 5.75 Å². The number of ketones is 1. The van der Waals surface area contributed by atoms with Gasteiger partial charge in [0, 0.05) is 5.56 Å². The van der Waals surface area contributed by atoms with Crippen molar-refractivity contribution in [2.45, 2.75) is 6.92 Å². The van der Waals surface area contributed by atoms with E-state index in [2.05, 4.69) is 0 Å². The number of Topliss-reactive ketones (excluding diaryl/α,β-unsaturated/α-hetero) is 1. The first-order valence-electron chi connectivity index (χ1n) is 3.60. The normalized spacial score (nSPS) is 9.85. The number of hydrogen-bond acceptors (Lipinski definition) is 2. The summed E-state index contributed by atoms with van der Waals surface area (Å²) in [7, 11) is 1.33. The zero-order chi connectivity index (χ0) is 10.0. The third-order valence-corrected chi connectivity index (χ3v) is 1.93. The smallest absolute Gasteiger partial charge is 0.166 e. The Kier molecular flexibility index (Phi) is 2.88. The average molecular weight is 203 g/mol. The third-order valence-electron chi connectivity index (χ3n) is 1.62. The Morgan fingerprint density at radius 3 is 2.62 bits per heavy atom. The van der Waals surface area contributed by atoms with Gasteiger partial charge in [-0.1, -0.05) is 11.6 Å². The molecular formula is C9H8ClFO2. The van der Waals surface area contributed by atoms with Crippen molar-refractivity contribution in [3.63, 3.8) is 0 Å². The average Bonchev–Trinajstić information content (AvgIpc) is 2.03. The molecule has 0 saturated heterocycles. The lowest BCUT2D eigenvalue weighted by molar-refractivity contribution is 0.101. The molecule has 0 saturated carbocycles. The molecule has 0 N–H and O–H groups in total. The third kappa shape index (κ3) is 1.98. The van der Waals surface area contributed by atoms with Crippen LogP contribution in [0, 0.1) is 5.82 Å². The van der Waals surface area contributed by atoms with Crippen LogP contribution in [0.1, 0.15) is 17.3 Å². The maximum absolute atomic E-state index is 13.0. The van der Waals surface area contributed by atoms with Gasteiger partial charge in [0.1, 0.15) is 0 Å². The molecule has 1 rings (SSSR count). The number of halogens is 2. The molecule has 2 nitrogen and oxygen atoms in total. The fraction of sp³-hybridized carbons (Fsp3) is 0.222. The molecule has 70 valence electrons. The van der Waals surface area contributed by atoms with Gasteiger partial charge in [-0.15, -0.1) is 0 Å². The van der Waals surface area contributed by atoms with E-state index in [9.17, 15) is 9.18 Å². The van der Waals surface area contributed by atoms with Gasteiger partial charge in [0.2, 0.25) is 0 Å². The SMILES string of the molecule is COc1cc(C(C)=O)c(Cl)cc1F. The second kappa shape index (κ2) is 3.75. The molecule has 0 atom stereocenters. The topological polar surface area (TPSA) is 26.3 Å². The number of carbonyl (C=O) groups excluding carboxylic acids is 1. The number of ether oxygens (including phenoxy) is 1. The summed E-state index contributed by atoms with van der Waals surface area (Å²) in [6, 6.07) is 2.36. The van der Waals surface area contributed by atoms with Crippen LogP contribution in [-0.4, -0.2) is 12.9 Å². The van der Waals surface area contributed by atoms with Gasteiger partial charge in [0.05, 0.1) is 12.1 Å². The zero-order valence-corrected chi connectivity index (χ0v) is 7.98. The van der Waals surface area contributed by atoms with E-state index >= 15 is 0 Å². The number of benzene rings is 1. The molecule has 0 aliphatic carbocycles. The summed E-state index contributed by atoms with van der Waals surface area (Å²) >= 11 is 5.64. The van der Waals surface area contributed by atoms with Crippen LogP contribution in [0.4, 0.5) is 4.39 Å². The van der Waals surface area contributed by atoms with Crippen LogP contribution >= 0.6 is 11.6 Å². The predicted molar refractivity (Wildman–Crippen MR) is 48.0 cm³/mol. The van der Waals surface area contributed by atoms with Crippen molar-refractivity contribution in [1.82, 2.24) is 0 Å². The minimum absolute atomic E-state index is 0.0228.